The number of aromatic nitrogens is 2. The van der Waals surface area contributed by atoms with Gasteiger partial charge in [0.05, 0.1) is 17.2 Å². The van der Waals surface area contributed by atoms with E-state index in [1.165, 1.54) is 0 Å². The van der Waals surface area contributed by atoms with Gasteiger partial charge in [-0.2, -0.15) is 0 Å². The first-order valence-corrected chi connectivity index (χ1v) is 7.18. The van der Waals surface area contributed by atoms with Crippen LogP contribution < -0.4 is 0 Å². The predicted octanol–water partition coefficient (Wildman–Crippen LogP) is 3.53. The number of ether oxygens (including phenoxy) is 1. The number of halogens is 2. The van der Waals surface area contributed by atoms with Crippen molar-refractivity contribution in [3.05, 3.63) is 41.6 Å². The van der Waals surface area contributed by atoms with Gasteiger partial charge in [-0.3, -0.25) is 0 Å². The molecule has 21 heavy (non-hydrogen) atoms. The van der Waals surface area contributed by atoms with Gasteiger partial charge in [0.1, 0.15) is 12.3 Å². The van der Waals surface area contributed by atoms with Crippen LogP contribution in [-0.4, -0.2) is 22.7 Å². The van der Waals surface area contributed by atoms with Crippen LogP contribution in [0.15, 0.2) is 30.3 Å². The maximum atomic E-state index is 14.2. The summed E-state index contributed by atoms with van der Waals surface area (Å²) in [5.41, 5.74) is 2.55. The number of benzene rings is 1. The zero-order valence-corrected chi connectivity index (χ0v) is 12.1. The molecule has 0 fully saturated rings. The molecular weight excluding hydrogens is 291 g/mol. The van der Waals surface area contributed by atoms with E-state index in [2.05, 4.69) is 11.0 Å². The second-order valence-electron chi connectivity index (χ2n) is 4.93. The summed E-state index contributed by atoms with van der Waals surface area (Å²) >= 11 is 6.50. The van der Waals surface area contributed by atoms with E-state index in [4.69, 9.17) is 22.8 Å². The highest BCUT2D eigenvalue weighted by molar-refractivity contribution is 6.21. The third-order valence-corrected chi connectivity index (χ3v) is 4.15. The summed E-state index contributed by atoms with van der Waals surface area (Å²) in [4.78, 5) is 0.416. The number of terminal acetylenes is 1. The third-order valence-electron chi connectivity index (χ3n) is 3.65. The Labute approximate surface area is 127 Å². The molecule has 1 aromatic carbocycles. The Hall–Kier alpha value is -1.83. The molecule has 0 N–H and O–H groups in total. The van der Waals surface area contributed by atoms with Crippen molar-refractivity contribution < 1.29 is 9.22 Å². The zero-order valence-electron chi connectivity index (χ0n) is 11.3. The van der Waals surface area contributed by atoms with Crippen LogP contribution in [0.25, 0.3) is 11.3 Å². The van der Waals surface area contributed by atoms with E-state index in [1.807, 2.05) is 30.3 Å². The van der Waals surface area contributed by atoms with Gasteiger partial charge in [0.15, 0.2) is 0 Å². The lowest BCUT2D eigenvalue weighted by Gasteiger charge is -2.26. The van der Waals surface area contributed by atoms with Crippen molar-refractivity contribution in [1.82, 2.24) is 10.0 Å². The zero-order chi connectivity index (χ0) is 14.8. The first-order chi connectivity index (χ1) is 10.2. The molecule has 0 aliphatic heterocycles. The highest BCUT2D eigenvalue weighted by atomic mass is 35.5. The van der Waals surface area contributed by atoms with Gasteiger partial charge in [-0.1, -0.05) is 45.6 Å². The van der Waals surface area contributed by atoms with Gasteiger partial charge >= 0.3 is 0 Å². The highest BCUT2D eigenvalue weighted by Gasteiger charge is 2.35. The minimum atomic E-state index is -0.457. The highest BCUT2D eigenvalue weighted by Crippen LogP contribution is 2.42. The lowest BCUT2D eigenvalue weighted by Crippen LogP contribution is -2.25. The molecule has 1 aliphatic rings. The minimum absolute atomic E-state index is 0.202. The topological polar surface area (TPSA) is 27.1 Å². The van der Waals surface area contributed by atoms with Crippen molar-refractivity contribution in [2.45, 2.75) is 24.3 Å². The maximum absolute atomic E-state index is 14.2. The second kappa shape index (κ2) is 5.88. The molecule has 1 aliphatic carbocycles. The normalized spacial score (nSPS) is 20.8. The molecule has 1 heterocycles. The summed E-state index contributed by atoms with van der Waals surface area (Å²) in [6.45, 7) is 0.202. The van der Waals surface area contributed by atoms with Crippen LogP contribution >= 0.6 is 11.6 Å². The Morgan fingerprint density at radius 1 is 1.43 bits per heavy atom. The molecule has 5 heteroatoms. The van der Waals surface area contributed by atoms with Gasteiger partial charge in [0.25, 0.3) is 0 Å². The molecule has 2 aromatic rings. The standard InChI is InChI=1S/C16H14ClFN2O/c1-2-10-21-13-9-8-12-14(15(13)17)16(20(18)19-12)11-6-4-3-5-7-11/h1,3-7,13,15H,8-10H2. The Morgan fingerprint density at radius 3 is 2.90 bits per heavy atom. The number of hydrogen-bond acceptors (Lipinski definition) is 2. The number of aryl methyl sites for hydroxylation is 1. The molecule has 1 aromatic heterocycles. The molecule has 3 nitrogen and oxygen atoms in total. The lowest BCUT2D eigenvalue weighted by molar-refractivity contribution is 0.0636. The molecule has 0 saturated heterocycles. The van der Waals surface area contributed by atoms with Crippen molar-refractivity contribution >= 4 is 11.6 Å². The van der Waals surface area contributed by atoms with Crippen LogP contribution in [0.2, 0.25) is 0 Å². The summed E-state index contributed by atoms with van der Waals surface area (Å²) < 4.78 is 19.8. The first kappa shape index (κ1) is 14.1. The van der Waals surface area contributed by atoms with Crippen molar-refractivity contribution in [3.63, 3.8) is 0 Å². The van der Waals surface area contributed by atoms with E-state index in [0.29, 0.717) is 34.7 Å². The molecule has 3 rings (SSSR count). The van der Waals surface area contributed by atoms with E-state index >= 15 is 0 Å². The van der Waals surface area contributed by atoms with Gasteiger partial charge in [-0.25, -0.2) is 0 Å². The average molecular weight is 305 g/mol. The van der Waals surface area contributed by atoms with Gasteiger partial charge < -0.3 is 4.74 Å². The Bertz CT molecular complexity index is 678. The Kier molecular flexibility index (Phi) is 3.96. The fourth-order valence-corrected chi connectivity index (χ4v) is 3.14. The first-order valence-electron chi connectivity index (χ1n) is 6.75. The number of fused-ring (bicyclic) bond motifs is 1. The van der Waals surface area contributed by atoms with E-state index in [0.717, 1.165) is 5.56 Å². The van der Waals surface area contributed by atoms with Crippen molar-refractivity contribution in [2.24, 2.45) is 0 Å². The quantitative estimate of drug-likeness (QED) is 0.641. The van der Waals surface area contributed by atoms with E-state index in [-0.39, 0.29) is 12.7 Å². The predicted molar refractivity (Wildman–Crippen MR) is 79.7 cm³/mol. The number of nitrogens with zero attached hydrogens (tertiary/aromatic N) is 2. The second-order valence-corrected chi connectivity index (χ2v) is 5.40. The number of rotatable bonds is 3. The molecule has 0 saturated carbocycles. The molecular formula is C16H14ClFN2O. The van der Waals surface area contributed by atoms with Gasteiger partial charge in [0, 0.05) is 11.1 Å². The molecule has 0 spiro atoms. The monoisotopic (exact) mass is 304 g/mol. The summed E-state index contributed by atoms with van der Waals surface area (Å²) in [6.07, 6.45) is 6.31. The smallest absolute Gasteiger partial charge is 0.109 e. The summed E-state index contributed by atoms with van der Waals surface area (Å²) in [5.74, 6) is 2.44. The fraction of sp³-hybridized carbons (Fsp3) is 0.312. The molecule has 0 bridgehead atoms. The SMILES string of the molecule is C#CCOC1CCc2nn(F)c(-c3ccccc3)c2C1Cl. The van der Waals surface area contributed by atoms with Gasteiger partial charge in [0.2, 0.25) is 0 Å². The van der Waals surface area contributed by atoms with Gasteiger partial charge in [-0.15, -0.1) is 23.1 Å². The van der Waals surface area contributed by atoms with Crippen LogP contribution in [0.5, 0.6) is 0 Å². The minimum Gasteiger partial charge on any atom is -0.364 e. The molecule has 2 unspecified atom stereocenters. The van der Waals surface area contributed by atoms with Crippen molar-refractivity contribution in [2.75, 3.05) is 6.61 Å². The van der Waals surface area contributed by atoms with Crippen LogP contribution in [0.3, 0.4) is 0 Å². The average Bonchev–Trinajstić information content (AvgIpc) is 2.84. The van der Waals surface area contributed by atoms with E-state index in [9.17, 15) is 4.48 Å². The van der Waals surface area contributed by atoms with Crippen LogP contribution in [0.4, 0.5) is 4.48 Å². The Morgan fingerprint density at radius 2 is 2.19 bits per heavy atom. The Balaban J connectivity index is 2.02. The van der Waals surface area contributed by atoms with Crippen LogP contribution in [0.1, 0.15) is 23.1 Å². The molecule has 0 radical (unpaired) electrons. The van der Waals surface area contributed by atoms with Crippen LogP contribution in [0, 0.1) is 12.3 Å². The number of alkyl halides is 1. The molecule has 108 valence electrons. The summed E-state index contributed by atoms with van der Waals surface area (Å²) in [5, 5.41) is 3.51. The third kappa shape index (κ3) is 2.55. The van der Waals surface area contributed by atoms with Crippen LogP contribution in [-0.2, 0) is 11.2 Å². The van der Waals surface area contributed by atoms with Crippen molar-refractivity contribution in [3.8, 4) is 23.6 Å². The lowest BCUT2D eigenvalue weighted by atomic mass is 9.91. The van der Waals surface area contributed by atoms with E-state index in [1.54, 1.807) is 0 Å². The summed E-state index contributed by atoms with van der Waals surface area (Å²) in [7, 11) is 0. The number of hydrogen-bond donors (Lipinski definition) is 0. The molecule has 0 amide bonds. The van der Waals surface area contributed by atoms with Gasteiger partial charge in [-0.05, 0) is 12.8 Å². The van der Waals surface area contributed by atoms with Crippen molar-refractivity contribution in [1.29, 1.82) is 0 Å². The summed E-state index contributed by atoms with van der Waals surface area (Å²) in [6, 6.07) is 9.26. The maximum Gasteiger partial charge on any atom is 0.109 e. The fourth-order valence-electron chi connectivity index (χ4n) is 2.71. The molecule has 2 atom stereocenters. The van der Waals surface area contributed by atoms with E-state index < -0.39 is 5.38 Å². The largest absolute Gasteiger partial charge is 0.364 e.